The van der Waals surface area contributed by atoms with E-state index in [1.54, 1.807) is 23.1 Å². The van der Waals surface area contributed by atoms with Crippen LogP contribution in [0.15, 0.2) is 17.5 Å². The van der Waals surface area contributed by atoms with Gasteiger partial charge in [-0.15, -0.1) is 23.1 Å². The number of carbonyl (C=O) groups excluding carboxylic acids is 1. The highest BCUT2D eigenvalue weighted by molar-refractivity contribution is 8.00. The van der Waals surface area contributed by atoms with E-state index >= 15 is 0 Å². The van der Waals surface area contributed by atoms with Gasteiger partial charge in [-0.3, -0.25) is 4.79 Å². The van der Waals surface area contributed by atoms with E-state index in [-0.39, 0.29) is 5.25 Å². The quantitative estimate of drug-likeness (QED) is 0.667. The first-order valence-electron chi connectivity index (χ1n) is 3.55. The van der Waals surface area contributed by atoms with E-state index in [9.17, 15) is 4.79 Å². The molecule has 1 aliphatic rings. The number of thioether (sulfide) groups is 1. The van der Waals surface area contributed by atoms with Crippen molar-refractivity contribution in [1.82, 2.24) is 0 Å². The number of Topliss-reactive ketones (excluding diaryl/α,β-unsaturated/α-hetero) is 1. The molecule has 2 heterocycles. The second-order valence-corrected chi connectivity index (χ2v) is 4.67. The van der Waals surface area contributed by atoms with Crippen molar-refractivity contribution in [3.05, 3.63) is 22.4 Å². The molecule has 0 aliphatic carbocycles. The van der Waals surface area contributed by atoms with Crippen LogP contribution in [-0.4, -0.2) is 11.5 Å². The fourth-order valence-electron chi connectivity index (χ4n) is 1.18. The van der Waals surface area contributed by atoms with Crippen LogP contribution in [0.4, 0.5) is 0 Å². The molecule has 1 fully saturated rings. The molecule has 1 aromatic heterocycles. The SMILES string of the molecule is O=C1CCSC1c1cccs1. The molecule has 0 aromatic carbocycles. The van der Waals surface area contributed by atoms with Crippen molar-refractivity contribution in [1.29, 1.82) is 0 Å². The van der Waals surface area contributed by atoms with Crippen LogP contribution in [0, 0.1) is 0 Å². The standard InChI is InChI=1S/C8H8OS2/c9-6-3-5-11-8(6)7-2-1-4-10-7/h1-2,4,8H,3,5H2. The summed E-state index contributed by atoms with van der Waals surface area (Å²) in [6.07, 6.45) is 0.757. The van der Waals surface area contributed by atoms with Crippen molar-refractivity contribution in [3.63, 3.8) is 0 Å². The minimum absolute atomic E-state index is 0.162. The Morgan fingerprint density at radius 2 is 2.45 bits per heavy atom. The van der Waals surface area contributed by atoms with E-state index in [1.807, 2.05) is 17.5 Å². The molecule has 11 heavy (non-hydrogen) atoms. The molecule has 1 nitrogen and oxygen atoms in total. The van der Waals surface area contributed by atoms with Gasteiger partial charge in [-0.1, -0.05) is 6.07 Å². The van der Waals surface area contributed by atoms with Crippen molar-refractivity contribution in [2.75, 3.05) is 5.75 Å². The van der Waals surface area contributed by atoms with Gasteiger partial charge in [0.2, 0.25) is 0 Å². The number of hydrogen-bond acceptors (Lipinski definition) is 3. The Labute approximate surface area is 73.8 Å². The summed E-state index contributed by atoms with van der Waals surface area (Å²) in [6, 6.07) is 4.05. The zero-order chi connectivity index (χ0) is 7.68. The summed E-state index contributed by atoms with van der Waals surface area (Å²) < 4.78 is 0. The summed E-state index contributed by atoms with van der Waals surface area (Å²) in [5, 5.41) is 2.19. The maximum Gasteiger partial charge on any atom is 0.151 e. The Kier molecular flexibility index (Phi) is 2.00. The average molecular weight is 184 g/mol. The number of hydrogen-bond donors (Lipinski definition) is 0. The molecule has 1 unspecified atom stereocenters. The van der Waals surface area contributed by atoms with E-state index in [4.69, 9.17) is 0 Å². The van der Waals surface area contributed by atoms with E-state index in [2.05, 4.69) is 0 Å². The predicted molar refractivity (Wildman–Crippen MR) is 49.1 cm³/mol. The van der Waals surface area contributed by atoms with Gasteiger partial charge in [0.15, 0.2) is 5.78 Å². The van der Waals surface area contributed by atoms with Gasteiger partial charge in [0, 0.05) is 17.1 Å². The molecule has 0 spiro atoms. The number of rotatable bonds is 1. The smallest absolute Gasteiger partial charge is 0.151 e. The summed E-state index contributed by atoms with van der Waals surface area (Å²) in [5.74, 6) is 1.40. The molecule has 0 radical (unpaired) electrons. The molecule has 58 valence electrons. The van der Waals surface area contributed by atoms with Gasteiger partial charge in [0.1, 0.15) is 0 Å². The summed E-state index contributed by atoms with van der Waals surface area (Å²) in [5.41, 5.74) is 0. The molecule has 0 amide bonds. The normalized spacial score (nSPS) is 24.4. The molecule has 0 saturated carbocycles. The highest BCUT2D eigenvalue weighted by Crippen LogP contribution is 2.38. The van der Waals surface area contributed by atoms with Crippen molar-refractivity contribution >= 4 is 28.9 Å². The van der Waals surface area contributed by atoms with Gasteiger partial charge in [0.25, 0.3) is 0 Å². The van der Waals surface area contributed by atoms with Gasteiger partial charge in [0.05, 0.1) is 5.25 Å². The Hall–Kier alpha value is -0.280. The van der Waals surface area contributed by atoms with E-state index in [0.717, 1.165) is 12.2 Å². The minimum atomic E-state index is 0.162. The molecule has 0 N–H and O–H groups in total. The van der Waals surface area contributed by atoms with Gasteiger partial charge in [-0.2, -0.15) is 0 Å². The lowest BCUT2D eigenvalue weighted by Crippen LogP contribution is -1.98. The molecule has 1 aliphatic heterocycles. The lowest BCUT2D eigenvalue weighted by Gasteiger charge is -2.01. The van der Waals surface area contributed by atoms with Crippen molar-refractivity contribution < 1.29 is 4.79 Å². The van der Waals surface area contributed by atoms with Crippen LogP contribution in [0.2, 0.25) is 0 Å². The number of carbonyl (C=O) groups is 1. The van der Waals surface area contributed by atoms with Gasteiger partial charge in [-0.25, -0.2) is 0 Å². The highest BCUT2D eigenvalue weighted by atomic mass is 32.2. The molecular weight excluding hydrogens is 176 g/mol. The Bertz CT molecular complexity index is 253. The van der Waals surface area contributed by atoms with Crippen molar-refractivity contribution in [2.45, 2.75) is 11.7 Å². The summed E-state index contributed by atoms with van der Waals surface area (Å²) in [4.78, 5) is 12.5. The van der Waals surface area contributed by atoms with Gasteiger partial charge in [-0.05, 0) is 11.4 Å². The summed E-state index contributed by atoms with van der Waals surface area (Å²) >= 11 is 3.45. The van der Waals surface area contributed by atoms with E-state index in [0.29, 0.717) is 5.78 Å². The van der Waals surface area contributed by atoms with Crippen LogP contribution in [0.25, 0.3) is 0 Å². The zero-order valence-electron chi connectivity index (χ0n) is 5.95. The van der Waals surface area contributed by atoms with Crippen LogP contribution in [-0.2, 0) is 4.79 Å². The Morgan fingerprint density at radius 3 is 3.00 bits per heavy atom. The number of thiophene rings is 1. The second-order valence-electron chi connectivity index (χ2n) is 2.48. The summed E-state index contributed by atoms with van der Waals surface area (Å²) in [7, 11) is 0. The monoisotopic (exact) mass is 184 g/mol. The Morgan fingerprint density at radius 1 is 1.55 bits per heavy atom. The maximum absolute atomic E-state index is 11.3. The van der Waals surface area contributed by atoms with Crippen LogP contribution < -0.4 is 0 Å². The molecule has 1 aromatic rings. The van der Waals surface area contributed by atoms with Gasteiger partial charge < -0.3 is 0 Å². The highest BCUT2D eigenvalue weighted by Gasteiger charge is 2.26. The fraction of sp³-hybridized carbons (Fsp3) is 0.375. The van der Waals surface area contributed by atoms with Crippen molar-refractivity contribution in [3.8, 4) is 0 Å². The lowest BCUT2D eigenvalue weighted by molar-refractivity contribution is -0.117. The molecule has 2 rings (SSSR count). The third-order valence-electron chi connectivity index (χ3n) is 1.73. The fourth-order valence-corrected chi connectivity index (χ4v) is 3.38. The largest absolute Gasteiger partial charge is 0.298 e. The Balaban J connectivity index is 2.23. The predicted octanol–water partition coefficient (Wildman–Crippen LogP) is 2.50. The molecule has 0 bridgehead atoms. The lowest BCUT2D eigenvalue weighted by atomic mass is 10.2. The minimum Gasteiger partial charge on any atom is -0.298 e. The van der Waals surface area contributed by atoms with Crippen LogP contribution in [0.1, 0.15) is 16.5 Å². The van der Waals surface area contributed by atoms with E-state index in [1.165, 1.54) is 4.88 Å². The molecule has 1 saturated heterocycles. The van der Waals surface area contributed by atoms with Crippen LogP contribution >= 0.6 is 23.1 Å². The average Bonchev–Trinajstić information content (AvgIpc) is 2.55. The van der Waals surface area contributed by atoms with Crippen LogP contribution in [0.5, 0.6) is 0 Å². The number of ketones is 1. The first kappa shape index (κ1) is 7.37. The third-order valence-corrected chi connectivity index (χ3v) is 4.10. The first-order chi connectivity index (χ1) is 5.38. The van der Waals surface area contributed by atoms with Crippen molar-refractivity contribution in [2.24, 2.45) is 0 Å². The second kappa shape index (κ2) is 2.99. The van der Waals surface area contributed by atoms with E-state index < -0.39 is 0 Å². The molecule has 1 atom stereocenters. The first-order valence-corrected chi connectivity index (χ1v) is 5.48. The third kappa shape index (κ3) is 1.35. The topological polar surface area (TPSA) is 17.1 Å². The zero-order valence-corrected chi connectivity index (χ0v) is 7.58. The van der Waals surface area contributed by atoms with Gasteiger partial charge >= 0.3 is 0 Å². The molecule has 3 heteroatoms. The summed E-state index contributed by atoms with van der Waals surface area (Å²) in [6.45, 7) is 0. The van der Waals surface area contributed by atoms with Crippen LogP contribution in [0.3, 0.4) is 0 Å². The molecular formula is C8H8OS2. The maximum atomic E-state index is 11.3.